The number of benzene rings is 1. The van der Waals surface area contributed by atoms with Crippen LogP contribution in [0.5, 0.6) is 0 Å². The first-order chi connectivity index (χ1) is 10.5. The van der Waals surface area contributed by atoms with Gasteiger partial charge in [-0.2, -0.15) is 0 Å². The number of rotatable bonds is 5. The summed E-state index contributed by atoms with van der Waals surface area (Å²) in [5, 5.41) is 2.69. The van der Waals surface area contributed by atoms with E-state index in [2.05, 4.69) is 21.2 Å². The Hall–Kier alpha value is -1.66. The quantitative estimate of drug-likeness (QED) is 0.790. The highest BCUT2D eigenvalue weighted by Crippen LogP contribution is 2.23. The first-order valence-electron chi connectivity index (χ1n) is 6.82. The minimum atomic E-state index is -0.463. The summed E-state index contributed by atoms with van der Waals surface area (Å²) in [5.74, 6) is -0.834. The lowest BCUT2D eigenvalue weighted by Crippen LogP contribution is -2.20. The number of halogens is 1. The molecule has 22 heavy (non-hydrogen) atoms. The third-order valence-electron chi connectivity index (χ3n) is 3.08. The van der Waals surface area contributed by atoms with E-state index in [0.29, 0.717) is 10.6 Å². The lowest BCUT2D eigenvalue weighted by atomic mass is 10.2. The summed E-state index contributed by atoms with van der Waals surface area (Å²) >= 11 is 4.73. The average molecular weight is 382 g/mol. The molecule has 6 heteroatoms. The molecule has 2 aromatic rings. The van der Waals surface area contributed by atoms with Crippen molar-refractivity contribution in [2.75, 3.05) is 11.9 Å². The van der Waals surface area contributed by atoms with Crippen LogP contribution in [0.3, 0.4) is 0 Å². The van der Waals surface area contributed by atoms with Crippen LogP contribution in [0, 0.1) is 6.92 Å². The lowest BCUT2D eigenvalue weighted by Gasteiger charge is -2.07. The molecule has 0 fully saturated rings. The number of amides is 1. The van der Waals surface area contributed by atoms with E-state index in [9.17, 15) is 9.59 Å². The molecule has 1 N–H and O–H groups in total. The standard InChI is InChI=1S/C16H16BrNO3S/c1-3-11-8-14(22-10(11)2)16(20)21-9-15(19)18-13-7-5-4-6-12(13)17/h4-8H,3,9H2,1-2H3,(H,18,19). The van der Waals surface area contributed by atoms with Crippen molar-refractivity contribution < 1.29 is 14.3 Å². The third kappa shape index (κ3) is 4.18. The number of carbonyl (C=O) groups is 2. The Bertz CT molecular complexity index is 696. The number of esters is 1. The molecular weight excluding hydrogens is 366 g/mol. The van der Waals surface area contributed by atoms with E-state index in [1.165, 1.54) is 11.3 Å². The third-order valence-corrected chi connectivity index (χ3v) is 4.85. The summed E-state index contributed by atoms with van der Waals surface area (Å²) in [6, 6.07) is 9.08. The van der Waals surface area contributed by atoms with E-state index < -0.39 is 5.97 Å². The second-order valence-corrected chi connectivity index (χ2v) is 6.76. The Labute approximate surface area is 141 Å². The van der Waals surface area contributed by atoms with E-state index in [1.54, 1.807) is 6.07 Å². The van der Waals surface area contributed by atoms with Gasteiger partial charge in [-0.3, -0.25) is 4.79 Å². The number of anilines is 1. The maximum atomic E-state index is 11.9. The molecule has 0 atom stereocenters. The van der Waals surface area contributed by atoms with Gasteiger partial charge in [-0.1, -0.05) is 19.1 Å². The van der Waals surface area contributed by atoms with Gasteiger partial charge in [-0.25, -0.2) is 4.79 Å². The molecule has 0 spiro atoms. The minimum absolute atomic E-state index is 0.307. The van der Waals surface area contributed by atoms with Crippen molar-refractivity contribution in [1.82, 2.24) is 0 Å². The van der Waals surface area contributed by atoms with Crippen molar-refractivity contribution in [3.05, 3.63) is 50.1 Å². The van der Waals surface area contributed by atoms with Crippen molar-refractivity contribution >= 4 is 44.8 Å². The molecule has 1 heterocycles. The number of hydrogen-bond donors (Lipinski definition) is 1. The van der Waals surface area contributed by atoms with Crippen LogP contribution in [0.1, 0.15) is 27.0 Å². The molecule has 0 aliphatic heterocycles. The first kappa shape index (κ1) is 16.7. The monoisotopic (exact) mass is 381 g/mol. The van der Waals surface area contributed by atoms with Crippen molar-refractivity contribution in [2.45, 2.75) is 20.3 Å². The van der Waals surface area contributed by atoms with Gasteiger partial charge >= 0.3 is 5.97 Å². The molecule has 0 radical (unpaired) electrons. The number of thiophene rings is 1. The zero-order valence-corrected chi connectivity index (χ0v) is 14.7. The zero-order valence-electron chi connectivity index (χ0n) is 12.3. The summed E-state index contributed by atoms with van der Waals surface area (Å²) in [5.41, 5.74) is 1.78. The molecular formula is C16H16BrNO3S. The smallest absolute Gasteiger partial charge is 0.348 e. The molecule has 0 bridgehead atoms. The minimum Gasteiger partial charge on any atom is -0.451 e. The normalized spacial score (nSPS) is 10.3. The summed E-state index contributed by atoms with van der Waals surface area (Å²) in [7, 11) is 0. The molecule has 1 amide bonds. The highest BCUT2D eigenvalue weighted by atomic mass is 79.9. The zero-order chi connectivity index (χ0) is 16.1. The van der Waals surface area contributed by atoms with Crippen LogP contribution in [0.2, 0.25) is 0 Å². The predicted molar refractivity (Wildman–Crippen MR) is 91.5 cm³/mol. The fraction of sp³-hybridized carbons (Fsp3) is 0.250. The Morgan fingerprint density at radius 1 is 1.32 bits per heavy atom. The molecule has 0 aliphatic rings. The van der Waals surface area contributed by atoms with Crippen molar-refractivity contribution in [3.63, 3.8) is 0 Å². The fourth-order valence-electron chi connectivity index (χ4n) is 1.92. The van der Waals surface area contributed by atoms with Crippen LogP contribution in [0.25, 0.3) is 0 Å². The van der Waals surface area contributed by atoms with Gasteiger partial charge in [-0.15, -0.1) is 11.3 Å². The first-order valence-corrected chi connectivity index (χ1v) is 8.43. The van der Waals surface area contributed by atoms with Gasteiger partial charge in [0.2, 0.25) is 0 Å². The number of carbonyl (C=O) groups excluding carboxylic acids is 2. The number of aryl methyl sites for hydroxylation is 2. The summed E-state index contributed by atoms with van der Waals surface area (Å²) in [4.78, 5) is 25.4. The van der Waals surface area contributed by atoms with Crippen LogP contribution < -0.4 is 5.32 Å². The topological polar surface area (TPSA) is 55.4 Å². The van der Waals surface area contributed by atoms with E-state index in [-0.39, 0.29) is 12.5 Å². The molecule has 0 unspecified atom stereocenters. The van der Waals surface area contributed by atoms with Gasteiger partial charge < -0.3 is 10.1 Å². The van der Waals surface area contributed by atoms with Crippen molar-refractivity contribution in [2.24, 2.45) is 0 Å². The SMILES string of the molecule is CCc1cc(C(=O)OCC(=O)Nc2ccccc2Br)sc1C. The van der Waals surface area contributed by atoms with E-state index in [1.807, 2.05) is 38.1 Å². The largest absolute Gasteiger partial charge is 0.451 e. The van der Waals surface area contributed by atoms with Crippen LogP contribution in [-0.2, 0) is 16.0 Å². The summed E-state index contributed by atoms with van der Waals surface area (Å²) in [6.45, 7) is 3.70. The second kappa shape index (κ2) is 7.56. The van der Waals surface area contributed by atoms with Gasteiger partial charge in [0.15, 0.2) is 6.61 Å². The van der Waals surface area contributed by atoms with Crippen LogP contribution in [-0.4, -0.2) is 18.5 Å². The Kier molecular flexibility index (Phi) is 5.74. The maximum Gasteiger partial charge on any atom is 0.348 e. The van der Waals surface area contributed by atoms with Crippen LogP contribution in [0.15, 0.2) is 34.8 Å². The Balaban J connectivity index is 1.90. The molecule has 1 aromatic carbocycles. The molecule has 0 saturated heterocycles. The Morgan fingerprint density at radius 3 is 2.68 bits per heavy atom. The lowest BCUT2D eigenvalue weighted by molar-refractivity contribution is -0.119. The van der Waals surface area contributed by atoms with Gasteiger partial charge in [0.1, 0.15) is 4.88 Å². The van der Waals surface area contributed by atoms with Gasteiger partial charge in [0, 0.05) is 9.35 Å². The molecule has 4 nitrogen and oxygen atoms in total. The summed E-state index contributed by atoms with van der Waals surface area (Å²) in [6.07, 6.45) is 0.873. The molecule has 116 valence electrons. The highest BCUT2D eigenvalue weighted by molar-refractivity contribution is 9.10. The van der Waals surface area contributed by atoms with E-state index in [0.717, 1.165) is 21.3 Å². The van der Waals surface area contributed by atoms with E-state index in [4.69, 9.17) is 4.74 Å². The Morgan fingerprint density at radius 2 is 2.05 bits per heavy atom. The van der Waals surface area contributed by atoms with Crippen LogP contribution in [0.4, 0.5) is 5.69 Å². The number of nitrogens with one attached hydrogen (secondary N) is 1. The number of para-hydroxylation sites is 1. The van der Waals surface area contributed by atoms with Crippen molar-refractivity contribution in [1.29, 1.82) is 0 Å². The number of hydrogen-bond acceptors (Lipinski definition) is 4. The number of ether oxygens (including phenoxy) is 1. The average Bonchev–Trinajstić information content (AvgIpc) is 2.88. The summed E-state index contributed by atoms with van der Waals surface area (Å²) < 4.78 is 5.83. The van der Waals surface area contributed by atoms with Gasteiger partial charge in [-0.05, 0) is 53.0 Å². The second-order valence-electron chi connectivity index (χ2n) is 4.65. The highest BCUT2D eigenvalue weighted by Gasteiger charge is 2.15. The van der Waals surface area contributed by atoms with Crippen LogP contribution >= 0.6 is 27.3 Å². The maximum absolute atomic E-state index is 11.9. The van der Waals surface area contributed by atoms with Crippen molar-refractivity contribution in [3.8, 4) is 0 Å². The van der Waals surface area contributed by atoms with Gasteiger partial charge in [0.25, 0.3) is 5.91 Å². The fourth-order valence-corrected chi connectivity index (χ4v) is 3.31. The molecule has 1 aromatic heterocycles. The molecule has 2 rings (SSSR count). The molecule has 0 aliphatic carbocycles. The van der Waals surface area contributed by atoms with E-state index >= 15 is 0 Å². The predicted octanol–water partition coefficient (Wildman–Crippen LogP) is 4.18. The molecule has 0 saturated carbocycles. The van der Waals surface area contributed by atoms with Gasteiger partial charge in [0.05, 0.1) is 5.69 Å².